The van der Waals surface area contributed by atoms with E-state index >= 15 is 0 Å². The third kappa shape index (κ3) is 11.0. The molecule has 0 spiro atoms. The molecule has 1 amide bonds. The number of aromatic carboxylic acids is 1. The highest BCUT2D eigenvalue weighted by Crippen LogP contribution is 2.42. The predicted octanol–water partition coefficient (Wildman–Crippen LogP) is 6.78. The first-order valence-corrected chi connectivity index (χ1v) is 21.9. The average Bonchev–Trinajstić information content (AvgIpc) is 3.74. The van der Waals surface area contributed by atoms with Crippen LogP contribution >= 0.6 is 27.1 Å². The highest BCUT2D eigenvalue weighted by Gasteiger charge is 2.24. The van der Waals surface area contributed by atoms with Gasteiger partial charge in [0.1, 0.15) is 35.0 Å². The smallest absolute Gasteiger partial charge is 0.336 e. The van der Waals surface area contributed by atoms with Crippen molar-refractivity contribution >= 4 is 78.4 Å². The minimum absolute atomic E-state index is 0.0201. The molecule has 1 aliphatic heterocycles. The summed E-state index contributed by atoms with van der Waals surface area (Å²) in [6.45, 7) is 5.28. The number of carbonyl (C=O) groups is 2. The van der Waals surface area contributed by atoms with E-state index in [9.17, 15) is 39.8 Å². The molecule has 0 radical (unpaired) electrons. The van der Waals surface area contributed by atoms with Gasteiger partial charge in [-0.1, -0.05) is 11.8 Å². The molecular weight excluding hydrogens is 917 g/mol. The van der Waals surface area contributed by atoms with Gasteiger partial charge in [0.2, 0.25) is 0 Å². The van der Waals surface area contributed by atoms with Gasteiger partial charge in [-0.05, 0) is 79.7 Å². The number of aliphatic hydroxyl groups excluding tert-OH is 1. The molecule has 0 saturated heterocycles. The summed E-state index contributed by atoms with van der Waals surface area (Å²) < 4.78 is 28.5. The number of fused-ring (bicyclic) bond motifs is 3. The first-order valence-electron chi connectivity index (χ1n) is 19.4. The van der Waals surface area contributed by atoms with Crippen LogP contribution in [0.1, 0.15) is 38.8 Å². The molecule has 1 aliphatic carbocycles. The fourth-order valence-corrected chi connectivity index (χ4v) is 7.99. The molecule has 3 heterocycles. The van der Waals surface area contributed by atoms with Gasteiger partial charge in [-0.3, -0.25) is 32.9 Å². The quantitative estimate of drug-likeness (QED) is 0.00927. The largest absolute Gasteiger partial charge is 0.508 e. The van der Waals surface area contributed by atoms with Crippen LogP contribution in [-0.4, -0.2) is 76.9 Å². The molecule has 7 rings (SSSR count). The first kappa shape index (κ1) is 47.1. The van der Waals surface area contributed by atoms with Crippen molar-refractivity contribution in [2.45, 2.75) is 25.7 Å². The predicted molar refractivity (Wildman–Crippen MR) is 247 cm³/mol. The summed E-state index contributed by atoms with van der Waals surface area (Å²) in [6.07, 6.45) is 1.15. The summed E-state index contributed by atoms with van der Waals surface area (Å²) >= 11 is 0. The molecular formula is C43H37N6O14P3. The number of nitro benzene ring substituents is 1. The van der Waals surface area contributed by atoms with Gasteiger partial charge in [0.15, 0.2) is 44.1 Å². The van der Waals surface area contributed by atoms with Crippen LogP contribution in [0.2, 0.25) is 0 Å². The number of carbonyl (C=O) groups excluding carboxylic acids is 1. The second-order valence-corrected chi connectivity index (χ2v) is 16.5. The van der Waals surface area contributed by atoms with Gasteiger partial charge in [-0.15, -0.1) is 0 Å². The summed E-state index contributed by atoms with van der Waals surface area (Å²) in [5.74, 6) is 3.91. The fourth-order valence-electron chi connectivity index (χ4n) is 6.70. The number of hydrogen-bond donors (Lipinski definition) is 6. The number of phenols is 1. The number of phenolic OH excluding ortho intramolecular Hbond substituents is 1. The summed E-state index contributed by atoms with van der Waals surface area (Å²) in [7, 11) is -1.53. The van der Waals surface area contributed by atoms with Crippen LogP contribution in [0.15, 0.2) is 107 Å². The molecule has 0 saturated carbocycles. The van der Waals surface area contributed by atoms with Crippen LogP contribution in [0, 0.1) is 22.0 Å². The van der Waals surface area contributed by atoms with Crippen LogP contribution in [0.5, 0.6) is 5.75 Å². The molecule has 6 N–H and O–H groups in total. The van der Waals surface area contributed by atoms with Crippen LogP contribution < -0.4 is 16.1 Å². The summed E-state index contributed by atoms with van der Waals surface area (Å²) in [5.41, 5.74) is 2.46. The van der Waals surface area contributed by atoms with Crippen LogP contribution in [0.3, 0.4) is 0 Å². The average molecular weight is 955 g/mol. The van der Waals surface area contributed by atoms with Gasteiger partial charge in [0.25, 0.3) is 11.6 Å². The van der Waals surface area contributed by atoms with Crippen molar-refractivity contribution in [1.82, 2.24) is 19.9 Å². The number of amides is 1. The highest BCUT2D eigenvalue weighted by atomic mass is 31.2. The maximum absolute atomic E-state index is 13.4. The van der Waals surface area contributed by atoms with E-state index in [0.29, 0.717) is 44.5 Å². The Balaban J connectivity index is 1.02. The van der Waals surface area contributed by atoms with E-state index in [1.807, 2.05) is 0 Å². The molecule has 5 atom stereocenters. The summed E-state index contributed by atoms with van der Waals surface area (Å²) in [4.78, 5) is 67.2. The van der Waals surface area contributed by atoms with Crippen molar-refractivity contribution in [3.05, 3.63) is 141 Å². The number of aromatic hydroxyl groups is 1. The molecule has 0 fully saturated rings. The number of benzene rings is 4. The van der Waals surface area contributed by atoms with E-state index in [4.69, 9.17) is 27.2 Å². The number of carboxylic acid groups (broad SMARTS) is 1. The molecule has 66 heavy (non-hydrogen) atoms. The highest BCUT2D eigenvalue weighted by molar-refractivity contribution is 7.46. The lowest BCUT2D eigenvalue weighted by Crippen LogP contribution is -2.30. The monoisotopic (exact) mass is 954 g/mol. The molecule has 2 aromatic heterocycles. The number of pyridine rings is 1. The number of nitrogens with one attached hydrogen (secondary N) is 2. The number of aliphatic hydroxyl groups is 1. The van der Waals surface area contributed by atoms with Gasteiger partial charge in [0, 0.05) is 64.1 Å². The minimum Gasteiger partial charge on any atom is -0.508 e. The zero-order valence-corrected chi connectivity index (χ0v) is 37.3. The number of nitro groups is 1. The number of aromatic nitrogens is 3. The van der Waals surface area contributed by atoms with Crippen molar-refractivity contribution < 1.29 is 57.0 Å². The number of anilines is 1. The van der Waals surface area contributed by atoms with Crippen LogP contribution in [0.25, 0.3) is 50.5 Å². The molecule has 5 aromatic rings. The van der Waals surface area contributed by atoms with Crippen LogP contribution in [0.4, 0.5) is 11.4 Å². The van der Waals surface area contributed by atoms with Crippen molar-refractivity contribution in [1.29, 1.82) is 0 Å². The molecule has 3 aromatic carbocycles. The molecule has 23 heteroatoms. The second kappa shape index (κ2) is 21.4. The van der Waals surface area contributed by atoms with E-state index in [1.165, 1.54) is 78.6 Å². The zero-order valence-electron chi connectivity index (χ0n) is 34.3. The van der Waals surface area contributed by atoms with Gasteiger partial charge < -0.3 is 44.5 Å². The Morgan fingerprint density at radius 2 is 1.86 bits per heavy atom. The number of carboxylic acids is 1. The molecule has 4 unspecified atom stereocenters. The Morgan fingerprint density at radius 1 is 1.03 bits per heavy atom. The zero-order chi connectivity index (χ0) is 46.9. The molecule has 338 valence electrons. The fraction of sp³-hybridized carbons (Fsp3) is 0.140. The number of nitrogens with zero attached hydrogens (tertiary/aromatic N) is 4. The van der Waals surface area contributed by atoms with E-state index in [0.717, 1.165) is 0 Å². The topological polar surface area (TPSA) is 280 Å². The molecule has 20 nitrogen and oxygen atoms in total. The van der Waals surface area contributed by atoms with Gasteiger partial charge in [-0.2, -0.15) is 0 Å². The Morgan fingerprint density at radius 3 is 2.64 bits per heavy atom. The molecule has 2 aliphatic rings. The Labute approximate surface area is 378 Å². The lowest BCUT2D eigenvalue weighted by molar-refractivity contribution is -0.385. The summed E-state index contributed by atoms with van der Waals surface area (Å²) in [6, 6.07) is 18.5. The van der Waals surface area contributed by atoms with Crippen molar-refractivity contribution in [2.75, 3.05) is 18.5 Å². The van der Waals surface area contributed by atoms with Gasteiger partial charge in [-0.25, -0.2) is 14.8 Å². The Hall–Kier alpha value is -6.90. The Bertz CT molecular complexity index is 3080. The van der Waals surface area contributed by atoms with Gasteiger partial charge >= 0.3 is 5.97 Å². The molecule has 0 bridgehead atoms. The number of hydrogen-bond acceptors (Lipinski definition) is 16. The standard InChI is InChI=1S/C43H37N6O14P3/c1-23(50)38(21-59-65-63-66-62-64-58)60-24(2)48-22-47-40-34(13-15-44-41(40)48)46-20-27-6-5-25(16-35(27)49(56)57)4-3-14-45-42(53)26-7-10-30(43(54)55)33(17-26)39-31-11-8-28(51)18-36(31)61-37-19-29(52)9-12-32(37)39/h5-13,15-19,22-23,38,50-51,58,64-66H,2,14,20-21H2,1H3,(H,44,46)(H,45,53)(H,54,55)/t23?,38-/m1/s1. The second-order valence-electron chi connectivity index (χ2n) is 14.0. The van der Waals surface area contributed by atoms with E-state index in [-0.39, 0.29) is 70.5 Å². The van der Waals surface area contributed by atoms with Crippen LogP contribution in [-0.2, 0) is 24.4 Å². The summed E-state index contributed by atoms with van der Waals surface area (Å²) in [5, 5.41) is 49.0. The lowest BCUT2D eigenvalue weighted by Gasteiger charge is -2.22. The Kier molecular flexibility index (Phi) is 15.3. The first-order chi connectivity index (χ1) is 31.8. The van der Waals surface area contributed by atoms with Crippen molar-refractivity contribution in [3.63, 3.8) is 0 Å². The number of rotatable bonds is 19. The number of imidazole rings is 1. The SMILES string of the molecule is C=C(O[C@H](COPOPOPO)C(C)O)n1cnc2c(NCc3ccc(C#CCNC(=O)c4ccc(C(=O)O)c(-c5c6ccc(=O)cc-6oc6cc(O)ccc56)c4)cc3[N+](=O)[O-])ccnc21. The maximum Gasteiger partial charge on any atom is 0.336 e. The minimum atomic E-state index is -1.27. The van der Waals surface area contributed by atoms with Crippen molar-refractivity contribution in [3.8, 4) is 40.0 Å². The maximum atomic E-state index is 13.4. The van der Waals surface area contributed by atoms with Crippen molar-refractivity contribution in [2.24, 2.45) is 0 Å². The third-order valence-electron chi connectivity index (χ3n) is 9.79. The van der Waals surface area contributed by atoms with E-state index in [1.54, 1.807) is 24.3 Å². The normalized spacial score (nSPS) is 12.6. The van der Waals surface area contributed by atoms with Gasteiger partial charge in [0.05, 0.1) is 35.4 Å². The number of ether oxygens (including phenoxy) is 1. The third-order valence-corrected chi connectivity index (χ3v) is 11.4. The van der Waals surface area contributed by atoms with E-state index in [2.05, 4.69) is 39.0 Å². The lowest BCUT2D eigenvalue weighted by atomic mass is 9.89. The van der Waals surface area contributed by atoms with E-state index < -0.39 is 56.1 Å².